The molecule has 0 bridgehead atoms. The minimum atomic E-state index is -3.62. The first-order valence-electron chi connectivity index (χ1n) is 8.79. The van der Waals surface area contributed by atoms with Crippen LogP contribution in [0.4, 0.5) is 0 Å². The molecule has 1 heterocycles. The fourth-order valence-electron chi connectivity index (χ4n) is 3.31. The summed E-state index contributed by atoms with van der Waals surface area (Å²) in [4.78, 5) is 0.178. The molecule has 7 heteroatoms. The smallest absolute Gasteiger partial charge is 0.176 e. The number of aromatic nitrogens is 2. The van der Waals surface area contributed by atoms with E-state index < -0.39 is 9.84 Å². The van der Waals surface area contributed by atoms with E-state index in [-0.39, 0.29) is 16.4 Å². The van der Waals surface area contributed by atoms with Crippen molar-refractivity contribution in [3.05, 3.63) is 72.9 Å². The average molecular weight is 406 g/mol. The predicted molar refractivity (Wildman–Crippen MR) is 111 cm³/mol. The number of aromatic amines is 1. The number of rotatable bonds is 4. The first kappa shape index (κ1) is 18.8. The van der Waals surface area contributed by atoms with Crippen molar-refractivity contribution in [1.82, 2.24) is 10.2 Å². The molecular weight excluding hydrogens is 388 g/mol. The van der Waals surface area contributed by atoms with Crippen LogP contribution < -0.4 is 0 Å². The van der Waals surface area contributed by atoms with Crippen LogP contribution in [0.25, 0.3) is 33.5 Å². The first-order chi connectivity index (χ1) is 13.8. The molecule has 146 valence electrons. The predicted octanol–water partition coefficient (Wildman–Crippen LogP) is 4.23. The molecule has 1 aromatic heterocycles. The molecule has 29 heavy (non-hydrogen) atoms. The Hall–Kier alpha value is -3.58. The molecule has 0 fully saturated rings. The molecule has 3 aromatic carbocycles. The van der Waals surface area contributed by atoms with E-state index in [1.165, 1.54) is 30.5 Å². The van der Waals surface area contributed by atoms with E-state index in [9.17, 15) is 18.6 Å². The highest BCUT2D eigenvalue weighted by Crippen LogP contribution is 2.40. The number of nitrogens with zero attached hydrogens (tertiary/aromatic N) is 1. The lowest BCUT2D eigenvalue weighted by Gasteiger charge is -2.17. The van der Waals surface area contributed by atoms with E-state index in [1.807, 2.05) is 0 Å². The zero-order chi connectivity index (χ0) is 20.6. The Labute approximate surface area is 168 Å². The third-order valence-corrected chi connectivity index (χ3v) is 5.81. The van der Waals surface area contributed by atoms with Crippen LogP contribution in [0.3, 0.4) is 0 Å². The Morgan fingerprint density at radius 3 is 1.62 bits per heavy atom. The molecule has 4 rings (SSSR count). The number of hydrogen-bond acceptors (Lipinski definition) is 5. The van der Waals surface area contributed by atoms with Crippen LogP contribution in [0.1, 0.15) is 0 Å². The molecule has 0 aliphatic rings. The number of aromatic hydroxyl groups is 2. The summed E-state index contributed by atoms with van der Waals surface area (Å²) in [5, 5.41) is 26.2. The van der Waals surface area contributed by atoms with Gasteiger partial charge in [-0.15, -0.1) is 0 Å². The summed E-state index contributed by atoms with van der Waals surface area (Å²) >= 11 is 0. The van der Waals surface area contributed by atoms with Gasteiger partial charge in [-0.05, 0) is 53.6 Å². The van der Waals surface area contributed by atoms with E-state index in [0.717, 1.165) is 11.3 Å². The zero-order valence-corrected chi connectivity index (χ0v) is 16.3. The highest BCUT2D eigenvalue weighted by molar-refractivity contribution is 7.91. The SMILES string of the molecule is CS(=O)(=O)c1c(-c2ccc(O)cc2)cc(-c2ccn[nH]2)cc1-c1ccc(O)cc1. The van der Waals surface area contributed by atoms with Crippen molar-refractivity contribution in [1.29, 1.82) is 0 Å². The van der Waals surface area contributed by atoms with Crippen LogP contribution in [0.2, 0.25) is 0 Å². The van der Waals surface area contributed by atoms with Crippen molar-refractivity contribution in [2.75, 3.05) is 6.26 Å². The zero-order valence-electron chi connectivity index (χ0n) is 15.5. The Morgan fingerprint density at radius 2 is 1.24 bits per heavy atom. The first-order valence-corrected chi connectivity index (χ1v) is 10.7. The summed E-state index contributed by atoms with van der Waals surface area (Å²) in [7, 11) is -3.62. The number of phenolic OH excluding ortho intramolecular Hbond substituents is 2. The number of hydrogen-bond donors (Lipinski definition) is 3. The lowest BCUT2D eigenvalue weighted by molar-refractivity contribution is 0.475. The van der Waals surface area contributed by atoms with E-state index in [2.05, 4.69) is 10.2 Å². The number of benzene rings is 3. The van der Waals surface area contributed by atoms with Crippen molar-refractivity contribution in [3.63, 3.8) is 0 Å². The maximum atomic E-state index is 12.8. The van der Waals surface area contributed by atoms with Gasteiger partial charge in [0.15, 0.2) is 9.84 Å². The van der Waals surface area contributed by atoms with Crippen LogP contribution in [0, 0.1) is 0 Å². The van der Waals surface area contributed by atoms with Crippen LogP contribution >= 0.6 is 0 Å². The summed E-state index contributed by atoms with van der Waals surface area (Å²) in [5.74, 6) is 0.191. The van der Waals surface area contributed by atoms with E-state index in [1.54, 1.807) is 48.7 Å². The molecule has 3 N–H and O–H groups in total. The van der Waals surface area contributed by atoms with Gasteiger partial charge in [0, 0.05) is 29.1 Å². The molecule has 6 nitrogen and oxygen atoms in total. The summed E-state index contributed by atoms with van der Waals surface area (Å²) in [5.41, 5.74) is 3.85. The average Bonchev–Trinajstić information content (AvgIpc) is 3.22. The second-order valence-corrected chi connectivity index (χ2v) is 8.69. The van der Waals surface area contributed by atoms with Gasteiger partial charge in [-0.1, -0.05) is 24.3 Å². The van der Waals surface area contributed by atoms with Crippen molar-refractivity contribution >= 4 is 9.84 Å². The summed E-state index contributed by atoms with van der Waals surface area (Å²) < 4.78 is 25.7. The molecule has 0 saturated carbocycles. The van der Waals surface area contributed by atoms with Crippen molar-refractivity contribution in [2.45, 2.75) is 4.90 Å². The van der Waals surface area contributed by atoms with Crippen LogP contribution in [-0.4, -0.2) is 35.1 Å². The van der Waals surface area contributed by atoms with Gasteiger partial charge in [-0.25, -0.2) is 8.42 Å². The fraction of sp³-hybridized carbons (Fsp3) is 0.0455. The minimum absolute atomic E-state index is 0.0955. The molecule has 4 aromatic rings. The van der Waals surface area contributed by atoms with E-state index in [4.69, 9.17) is 0 Å². The molecule has 0 spiro atoms. The second kappa shape index (κ2) is 7.10. The van der Waals surface area contributed by atoms with E-state index in [0.29, 0.717) is 22.3 Å². The molecular formula is C22H18N2O4S. The van der Waals surface area contributed by atoms with Gasteiger partial charge in [-0.2, -0.15) is 5.10 Å². The monoisotopic (exact) mass is 406 g/mol. The molecule has 0 amide bonds. The number of H-pyrrole nitrogens is 1. The second-order valence-electron chi connectivity index (χ2n) is 6.74. The molecule has 0 atom stereocenters. The van der Waals surface area contributed by atoms with Gasteiger partial charge in [0.1, 0.15) is 11.5 Å². The third-order valence-electron chi connectivity index (χ3n) is 4.63. The highest BCUT2D eigenvalue weighted by atomic mass is 32.2. The molecule has 0 unspecified atom stereocenters. The third kappa shape index (κ3) is 3.72. The summed E-state index contributed by atoms with van der Waals surface area (Å²) in [6.45, 7) is 0. The van der Waals surface area contributed by atoms with Gasteiger partial charge in [0.2, 0.25) is 0 Å². The largest absolute Gasteiger partial charge is 0.508 e. The number of sulfone groups is 1. The molecule has 0 aliphatic heterocycles. The fourth-order valence-corrected chi connectivity index (χ4v) is 4.46. The minimum Gasteiger partial charge on any atom is -0.508 e. The Morgan fingerprint density at radius 1 is 0.759 bits per heavy atom. The van der Waals surface area contributed by atoms with Gasteiger partial charge in [-0.3, -0.25) is 5.10 Å². The van der Waals surface area contributed by atoms with Gasteiger partial charge in [0.05, 0.1) is 10.6 Å². The normalized spacial score (nSPS) is 11.5. The van der Waals surface area contributed by atoms with Crippen molar-refractivity contribution in [2.24, 2.45) is 0 Å². The highest BCUT2D eigenvalue weighted by Gasteiger charge is 2.23. The van der Waals surface area contributed by atoms with Gasteiger partial charge >= 0.3 is 0 Å². The molecule has 0 aliphatic carbocycles. The Balaban J connectivity index is 2.09. The quantitative estimate of drug-likeness (QED) is 0.471. The lowest BCUT2D eigenvalue weighted by atomic mass is 9.94. The maximum absolute atomic E-state index is 12.8. The Kier molecular flexibility index (Phi) is 4.60. The topological polar surface area (TPSA) is 103 Å². The standard InChI is InChI=1S/C22H18N2O4S/c1-29(27,28)22-19(14-2-6-17(25)7-3-14)12-16(21-10-11-23-24-21)13-20(22)15-4-8-18(26)9-5-15/h2-13,25-26H,1H3,(H,23,24). The van der Waals surface area contributed by atoms with Gasteiger partial charge < -0.3 is 10.2 Å². The van der Waals surface area contributed by atoms with E-state index >= 15 is 0 Å². The van der Waals surface area contributed by atoms with Gasteiger partial charge in [0.25, 0.3) is 0 Å². The number of nitrogens with one attached hydrogen (secondary N) is 1. The maximum Gasteiger partial charge on any atom is 0.176 e. The van der Waals surface area contributed by atoms with Crippen LogP contribution in [0.15, 0.2) is 77.8 Å². The number of phenols is 2. The van der Waals surface area contributed by atoms with Crippen LogP contribution in [-0.2, 0) is 9.84 Å². The summed E-state index contributed by atoms with van der Waals surface area (Å²) in [6, 6.07) is 18.2. The molecule has 0 radical (unpaired) electrons. The lowest BCUT2D eigenvalue weighted by Crippen LogP contribution is -2.04. The van der Waals surface area contributed by atoms with Crippen molar-refractivity contribution < 1.29 is 18.6 Å². The summed E-state index contributed by atoms with van der Waals surface area (Å²) in [6.07, 6.45) is 2.80. The van der Waals surface area contributed by atoms with Crippen molar-refractivity contribution in [3.8, 4) is 45.0 Å². The molecule has 0 saturated heterocycles. The Bertz CT molecular complexity index is 1200. The van der Waals surface area contributed by atoms with Crippen LogP contribution in [0.5, 0.6) is 11.5 Å².